The number of hydrogen-bond acceptors (Lipinski definition) is 1. The molecular formula is C14H17NO2. The molecule has 0 saturated heterocycles. The van der Waals surface area contributed by atoms with Crippen molar-refractivity contribution in [2.75, 3.05) is 0 Å². The molecule has 0 aliphatic carbocycles. The first-order chi connectivity index (χ1) is 8.08. The zero-order chi connectivity index (χ0) is 12.4. The van der Waals surface area contributed by atoms with E-state index in [1.165, 1.54) is 0 Å². The van der Waals surface area contributed by atoms with Crippen LogP contribution in [-0.2, 0) is 17.8 Å². The van der Waals surface area contributed by atoms with Crippen LogP contribution in [0.25, 0.3) is 10.9 Å². The molecule has 1 aromatic heterocycles. The van der Waals surface area contributed by atoms with E-state index in [-0.39, 0.29) is 6.42 Å². The lowest BCUT2D eigenvalue weighted by Crippen LogP contribution is -2.06. The number of benzene rings is 1. The van der Waals surface area contributed by atoms with Crippen LogP contribution in [0.4, 0.5) is 0 Å². The Hall–Kier alpha value is -1.77. The quantitative estimate of drug-likeness (QED) is 0.879. The second-order valence-electron chi connectivity index (χ2n) is 4.79. The Morgan fingerprint density at radius 2 is 2.12 bits per heavy atom. The molecule has 0 bridgehead atoms. The summed E-state index contributed by atoms with van der Waals surface area (Å²) in [4.78, 5) is 10.9. The molecule has 2 rings (SSSR count). The van der Waals surface area contributed by atoms with Crippen LogP contribution < -0.4 is 0 Å². The van der Waals surface area contributed by atoms with Crippen molar-refractivity contribution in [3.8, 4) is 0 Å². The first-order valence-corrected chi connectivity index (χ1v) is 5.86. The van der Waals surface area contributed by atoms with Crippen molar-refractivity contribution in [2.24, 2.45) is 5.92 Å². The zero-order valence-electron chi connectivity index (χ0n) is 10.2. The number of hydrogen-bond donors (Lipinski definition) is 1. The Morgan fingerprint density at radius 3 is 2.76 bits per heavy atom. The summed E-state index contributed by atoms with van der Waals surface area (Å²) in [5.41, 5.74) is 1.95. The van der Waals surface area contributed by atoms with Crippen molar-refractivity contribution in [1.29, 1.82) is 0 Å². The van der Waals surface area contributed by atoms with Crippen molar-refractivity contribution in [1.82, 2.24) is 4.57 Å². The van der Waals surface area contributed by atoms with Gasteiger partial charge in [-0.1, -0.05) is 32.0 Å². The molecule has 0 radical (unpaired) electrons. The van der Waals surface area contributed by atoms with Gasteiger partial charge in [-0.25, -0.2) is 0 Å². The molecule has 3 nitrogen and oxygen atoms in total. The lowest BCUT2D eigenvalue weighted by molar-refractivity contribution is -0.136. The fraction of sp³-hybridized carbons (Fsp3) is 0.357. The second kappa shape index (κ2) is 4.62. The van der Waals surface area contributed by atoms with Gasteiger partial charge in [0.2, 0.25) is 0 Å². The Kier molecular flexibility index (Phi) is 3.18. The number of carboxylic acid groups (broad SMARTS) is 1. The van der Waals surface area contributed by atoms with Crippen molar-refractivity contribution in [3.63, 3.8) is 0 Å². The predicted molar refractivity (Wildman–Crippen MR) is 68.1 cm³/mol. The average Bonchev–Trinajstić information content (AvgIpc) is 2.61. The molecule has 0 aliphatic rings. The number of carboxylic acids is 1. The maximum Gasteiger partial charge on any atom is 0.307 e. The number of aromatic nitrogens is 1. The van der Waals surface area contributed by atoms with Crippen molar-refractivity contribution in [2.45, 2.75) is 26.8 Å². The molecule has 1 aromatic carbocycles. The van der Waals surface area contributed by atoms with Crippen LogP contribution in [0.15, 0.2) is 30.5 Å². The van der Waals surface area contributed by atoms with Gasteiger partial charge in [-0.05, 0) is 22.9 Å². The van der Waals surface area contributed by atoms with E-state index >= 15 is 0 Å². The van der Waals surface area contributed by atoms with Crippen LogP contribution >= 0.6 is 0 Å². The van der Waals surface area contributed by atoms with Gasteiger partial charge in [0, 0.05) is 12.7 Å². The third-order valence-electron chi connectivity index (χ3n) is 2.78. The number of fused-ring (bicyclic) bond motifs is 1. The van der Waals surface area contributed by atoms with E-state index in [0.29, 0.717) is 5.92 Å². The largest absolute Gasteiger partial charge is 0.481 e. The minimum atomic E-state index is -0.783. The topological polar surface area (TPSA) is 42.2 Å². The molecule has 0 saturated carbocycles. The lowest BCUT2D eigenvalue weighted by Gasteiger charge is -2.11. The summed E-state index contributed by atoms with van der Waals surface area (Å²) in [6.45, 7) is 5.23. The molecule has 17 heavy (non-hydrogen) atoms. The molecule has 1 N–H and O–H groups in total. The maximum atomic E-state index is 10.9. The van der Waals surface area contributed by atoms with E-state index in [4.69, 9.17) is 5.11 Å². The van der Waals surface area contributed by atoms with Gasteiger partial charge in [0.15, 0.2) is 0 Å². The van der Waals surface area contributed by atoms with Crippen molar-refractivity contribution < 1.29 is 9.90 Å². The summed E-state index contributed by atoms with van der Waals surface area (Å²) in [5.74, 6) is -0.238. The summed E-state index contributed by atoms with van der Waals surface area (Å²) in [6.07, 6.45) is 2.12. The van der Waals surface area contributed by atoms with E-state index in [1.54, 1.807) is 0 Å². The molecule has 90 valence electrons. The monoisotopic (exact) mass is 231 g/mol. The minimum Gasteiger partial charge on any atom is -0.481 e. The molecule has 0 aliphatic heterocycles. The molecule has 3 heteroatoms. The zero-order valence-corrected chi connectivity index (χ0v) is 10.2. The highest BCUT2D eigenvalue weighted by molar-refractivity contribution is 5.86. The first kappa shape index (κ1) is 11.7. The molecule has 0 fully saturated rings. The molecule has 0 atom stereocenters. The molecule has 0 spiro atoms. The Bertz CT molecular complexity index is 540. The summed E-state index contributed by atoms with van der Waals surface area (Å²) in [5, 5.41) is 10.0. The summed E-state index contributed by atoms with van der Waals surface area (Å²) >= 11 is 0. The standard InChI is InChI=1S/C14H17NO2/c1-10(2)9-15-7-6-11-4-3-5-12(14(11)15)8-13(16)17/h3-7,10H,8-9H2,1-2H3,(H,16,17). The highest BCUT2D eigenvalue weighted by atomic mass is 16.4. The third-order valence-corrected chi connectivity index (χ3v) is 2.78. The van der Waals surface area contributed by atoms with Crippen molar-refractivity contribution in [3.05, 3.63) is 36.0 Å². The van der Waals surface area contributed by atoms with Crippen LogP contribution in [-0.4, -0.2) is 15.6 Å². The second-order valence-corrected chi connectivity index (χ2v) is 4.79. The number of para-hydroxylation sites is 1. The molecular weight excluding hydrogens is 214 g/mol. The van der Waals surface area contributed by atoms with Gasteiger partial charge in [-0.3, -0.25) is 4.79 Å². The highest BCUT2D eigenvalue weighted by Crippen LogP contribution is 2.22. The van der Waals surface area contributed by atoms with Crippen LogP contribution in [0.3, 0.4) is 0 Å². The van der Waals surface area contributed by atoms with Crippen LogP contribution in [0, 0.1) is 5.92 Å². The number of rotatable bonds is 4. The SMILES string of the molecule is CC(C)Cn1ccc2cccc(CC(=O)O)c21. The predicted octanol–water partition coefficient (Wildman–Crippen LogP) is 2.92. The first-order valence-electron chi connectivity index (χ1n) is 5.86. The lowest BCUT2D eigenvalue weighted by atomic mass is 10.1. The van der Waals surface area contributed by atoms with Crippen LogP contribution in [0.5, 0.6) is 0 Å². The fourth-order valence-corrected chi connectivity index (χ4v) is 2.19. The summed E-state index contributed by atoms with van der Waals surface area (Å²) in [7, 11) is 0. The van der Waals surface area contributed by atoms with Crippen LogP contribution in [0.1, 0.15) is 19.4 Å². The number of nitrogens with zero attached hydrogens (tertiary/aromatic N) is 1. The Labute approximate surface area is 101 Å². The fourth-order valence-electron chi connectivity index (χ4n) is 2.19. The van der Waals surface area contributed by atoms with E-state index in [9.17, 15) is 4.79 Å². The maximum absolute atomic E-state index is 10.9. The highest BCUT2D eigenvalue weighted by Gasteiger charge is 2.10. The molecule has 0 amide bonds. The van der Waals surface area contributed by atoms with Gasteiger partial charge in [-0.2, -0.15) is 0 Å². The molecule has 1 heterocycles. The van der Waals surface area contributed by atoms with E-state index in [1.807, 2.05) is 30.5 Å². The smallest absolute Gasteiger partial charge is 0.307 e. The Morgan fingerprint density at radius 1 is 1.35 bits per heavy atom. The number of aliphatic carboxylic acids is 1. The normalized spacial score (nSPS) is 11.2. The minimum absolute atomic E-state index is 0.0828. The van der Waals surface area contributed by atoms with Gasteiger partial charge in [0.1, 0.15) is 0 Å². The number of carbonyl (C=O) groups is 1. The summed E-state index contributed by atoms with van der Waals surface area (Å²) in [6, 6.07) is 7.88. The molecule has 2 aromatic rings. The average molecular weight is 231 g/mol. The van der Waals surface area contributed by atoms with Gasteiger partial charge in [-0.15, -0.1) is 0 Å². The molecule has 0 unspecified atom stereocenters. The Balaban J connectivity index is 2.51. The van der Waals surface area contributed by atoms with E-state index < -0.39 is 5.97 Å². The van der Waals surface area contributed by atoms with E-state index in [2.05, 4.69) is 18.4 Å². The van der Waals surface area contributed by atoms with E-state index in [0.717, 1.165) is 23.0 Å². The summed E-state index contributed by atoms with van der Waals surface area (Å²) < 4.78 is 2.15. The van der Waals surface area contributed by atoms with Crippen molar-refractivity contribution >= 4 is 16.9 Å². The van der Waals surface area contributed by atoms with Gasteiger partial charge in [0.25, 0.3) is 0 Å². The third kappa shape index (κ3) is 2.49. The van der Waals surface area contributed by atoms with Gasteiger partial charge < -0.3 is 9.67 Å². The van der Waals surface area contributed by atoms with Gasteiger partial charge >= 0.3 is 5.97 Å². The van der Waals surface area contributed by atoms with Crippen LogP contribution in [0.2, 0.25) is 0 Å². The van der Waals surface area contributed by atoms with Gasteiger partial charge in [0.05, 0.1) is 11.9 Å².